The van der Waals surface area contributed by atoms with Crippen LogP contribution in [0.25, 0.3) is 10.9 Å². The summed E-state index contributed by atoms with van der Waals surface area (Å²) in [7, 11) is 0. The van der Waals surface area contributed by atoms with Crippen molar-refractivity contribution in [3.05, 3.63) is 36.0 Å². The second-order valence-corrected chi connectivity index (χ2v) is 5.33. The first-order chi connectivity index (χ1) is 7.58. The third-order valence-corrected chi connectivity index (χ3v) is 3.03. The molecule has 0 aliphatic heterocycles. The van der Waals surface area contributed by atoms with Gasteiger partial charge in [0, 0.05) is 18.3 Å². The van der Waals surface area contributed by atoms with Gasteiger partial charge in [0.1, 0.15) is 0 Å². The van der Waals surface area contributed by atoms with Gasteiger partial charge in [-0.05, 0) is 34.9 Å². The minimum Gasteiger partial charge on any atom is -0.347 e. The van der Waals surface area contributed by atoms with Crippen LogP contribution in [0.2, 0.25) is 0 Å². The molecule has 86 valence electrons. The van der Waals surface area contributed by atoms with Gasteiger partial charge in [0.25, 0.3) is 0 Å². The Bertz CT molecular complexity index is 477. The third-order valence-electron chi connectivity index (χ3n) is 3.03. The molecule has 1 aromatic heterocycles. The summed E-state index contributed by atoms with van der Waals surface area (Å²) in [6, 6.07) is 9.03. The molecular formula is C15H21N. The predicted octanol–water partition coefficient (Wildman–Crippen LogP) is 4.42. The average molecular weight is 215 g/mol. The highest BCUT2D eigenvalue weighted by molar-refractivity contribution is 5.81. The van der Waals surface area contributed by atoms with Crippen LogP contribution in [0.3, 0.4) is 0 Å². The highest BCUT2D eigenvalue weighted by atomic mass is 15.0. The van der Waals surface area contributed by atoms with Crippen LogP contribution >= 0.6 is 0 Å². The Morgan fingerprint density at radius 2 is 1.81 bits per heavy atom. The van der Waals surface area contributed by atoms with E-state index in [2.05, 4.69) is 62.7 Å². The van der Waals surface area contributed by atoms with Crippen LogP contribution in [-0.4, -0.2) is 4.57 Å². The number of fused-ring (bicyclic) bond motifs is 1. The van der Waals surface area contributed by atoms with E-state index in [-0.39, 0.29) is 0 Å². The fourth-order valence-corrected chi connectivity index (χ4v) is 2.11. The van der Waals surface area contributed by atoms with Crippen molar-refractivity contribution >= 4 is 10.9 Å². The van der Waals surface area contributed by atoms with E-state index < -0.39 is 0 Å². The van der Waals surface area contributed by atoms with Gasteiger partial charge in [-0.3, -0.25) is 0 Å². The molecule has 0 radical (unpaired) electrons. The predicted molar refractivity (Wildman–Crippen MR) is 70.9 cm³/mol. The largest absolute Gasteiger partial charge is 0.347 e. The molecule has 0 saturated heterocycles. The molecule has 0 amide bonds. The topological polar surface area (TPSA) is 4.93 Å². The lowest BCUT2D eigenvalue weighted by Crippen LogP contribution is -2.02. The summed E-state index contributed by atoms with van der Waals surface area (Å²) in [5.74, 6) is 1.30. The zero-order valence-electron chi connectivity index (χ0n) is 10.7. The van der Waals surface area contributed by atoms with Crippen molar-refractivity contribution in [2.24, 2.45) is 5.92 Å². The fraction of sp³-hybridized carbons (Fsp3) is 0.467. The Balaban J connectivity index is 2.47. The highest BCUT2D eigenvalue weighted by Crippen LogP contribution is 2.23. The second kappa shape index (κ2) is 4.32. The van der Waals surface area contributed by atoms with Gasteiger partial charge in [-0.2, -0.15) is 0 Å². The molecule has 0 N–H and O–H groups in total. The molecule has 0 atom stereocenters. The van der Waals surface area contributed by atoms with E-state index >= 15 is 0 Å². The maximum Gasteiger partial charge on any atom is 0.0483 e. The van der Waals surface area contributed by atoms with E-state index in [1.165, 1.54) is 16.5 Å². The summed E-state index contributed by atoms with van der Waals surface area (Å²) < 4.78 is 2.37. The minimum atomic E-state index is 0.604. The number of nitrogens with zero attached hydrogens (tertiary/aromatic N) is 1. The summed E-state index contributed by atoms with van der Waals surface area (Å²) in [5.41, 5.74) is 2.80. The summed E-state index contributed by atoms with van der Waals surface area (Å²) in [6.45, 7) is 10.1. The lowest BCUT2D eigenvalue weighted by atomic mass is 10.0. The van der Waals surface area contributed by atoms with Gasteiger partial charge in [0.15, 0.2) is 0 Å². The van der Waals surface area contributed by atoms with Crippen LogP contribution in [0.4, 0.5) is 0 Å². The van der Waals surface area contributed by atoms with Crippen LogP contribution in [0.5, 0.6) is 0 Å². The monoisotopic (exact) mass is 215 g/mol. The van der Waals surface area contributed by atoms with E-state index in [1.54, 1.807) is 0 Å². The van der Waals surface area contributed by atoms with E-state index in [0.29, 0.717) is 11.8 Å². The van der Waals surface area contributed by atoms with Crippen molar-refractivity contribution in [1.82, 2.24) is 4.57 Å². The zero-order chi connectivity index (χ0) is 11.7. The van der Waals surface area contributed by atoms with Crippen molar-refractivity contribution in [1.29, 1.82) is 0 Å². The molecule has 16 heavy (non-hydrogen) atoms. The molecule has 2 rings (SSSR count). The van der Waals surface area contributed by atoms with E-state index in [4.69, 9.17) is 0 Å². The Kier molecular flexibility index (Phi) is 3.04. The molecular weight excluding hydrogens is 194 g/mol. The Morgan fingerprint density at radius 3 is 2.44 bits per heavy atom. The van der Waals surface area contributed by atoms with Crippen molar-refractivity contribution in [2.75, 3.05) is 0 Å². The molecule has 0 aliphatic rings. The quantitative estimate of drug-likeness (QED) is 0.714. The standard InChI is InChI=1S/C15H21N/c1-11(2)10-16-8-7-13-5-6-14(12(3)4)9-15(13)16/h5-9,11-12H,10H2,1-4H3. The van der Waals surface area contributed by atoms with Gasteiger partial charge in [-0.25, -0.2) is 0 Å². The summed E-state index contributed by atoms with van der Waals surface area (Å²) in [6.07, 6.45) is 2.20. The fourth-order valence-electron chi connectivity index (χ4n) is 2.11. The lowest BCUT2D eigenvalue weighted by molar-refractivity contribution is 0.535. The van der Waals surface area contributed by atoms with Crippen LogP contribution in [-0.2, 0) is 6.54 Å². The number of aromatic nitrogens is 1. The Morgan fingerprint density at radius 1 is 1.06 bits per heavy atom. The van der Waals surface area contributed by atoms with Crippen molar-refractivity contribution in [3.63, 3.8) is 0 Å². The third kappa shape index (κ3) is 2.13. The van der Waals surface area contributed by atoms with Gasteiger partial charge in [-0.1, -0.05) is 39.8 Å². The molecule has 0 spiro atoms. The first-order valence-electron chi connectivity index (χ1n) is 6.16. The smallest absolute Gasteiger partial charge is 0.0483 e. The Hall–Kier alpha value is -1.24. The lowest BCUT2D eigenvalue weighted by Gasteiger charge is -2.10. The molecule has 2 aromatic rings. The van der Waals surface area contributed by atoms with Crippen molar-refractivity contribution < 1.29 is 0 Å². The maximum absolute atomic E-state index is 2.37. The van der Waals surface area contributed by atoms with Crippen LogP contribution in [0.1, 0.15) is 39.2 Å². The molecule has 1 nitrogen and oxygen atoms in total. The van der Waals surface area contributed by atoms with Gasteiger partial charge in [0.2, 0.25) is 0 Å². The number of rotatable bonds is 3. The van der Waals surface area contributed by atoms with E-state index in [1.807, 2.05) is 0 Å². The first kappa shape index (κ1) is 11.3. The number of benzene rings is 1. The van der Waals surface area contributed by atoms with E-state index in [9.17, 15) is 0 Å². The van der Waals surface area contributed by atoms with Gasteiger partial charge < -0.3 is 4.57 Å². The first-order valence-corrected chi connectivity index (χ1v) is 6.16. The van der Waals surface area contributed by atoms with Gasteiger partial charge >= 0.3 is 0 Å². The summed E-state index contributed by atoms with van der Waals surface area (Å²) in [5, 5.41) is 1.35. The molecule has 1 heterocycles. The van der Waals surface area contributed by atoms with Crippen molar-refractivity contribution in [2.45, 2.75) is 40.2 Å². The molecule has 1 aromatic carbocycles. The van der Waals surface area contributed by atoms with Gasteiger partial charge in [-0.15, -0.1) is 0 Å². The zero-order valence-corrected chi connectivity index (χ0v) is 10.7. The summed E-state index contributed by atoms with van der Waals surface area (Å²) >= 11 is 0. The van der Waals surface area contributed by atoms with Crippen LogP contribution in [0, 0.1) is 5.92 Å². The molecule has 1 heteroatoms. The van der Waals surface area contributed by atoms with Crippen LogP contribution < -0.4 is 0 Å². The van der Waals surface area contributed by atoms with Gasteiger partial charge in [0.05, 0.1) is 0 Å². The molecule has 0 bridgehead atoms. The molecule has 0 unspecified atom stereocenters. The Labute approximate surface area is 98.1 Å². The molecule has 0 fully saturated rings. The van der Waals surface area contributed by atoms with E-state index in [0.717, 1.165) is 6.54 Å². The highest BCUT2D eigenvalue weighted by Gasteiger charge is 2.05. The average Bonchev–Trinajstić information content (AvgIpc) is 2.60. The minimum absolute atomic E-state index is 0.604. The maximum atomic E-state index is 2.37. The van der Waals surface area contributed by atoms with Crippen molar-refractivity contribution in [3.8, 4) is 0 Å². The number of hydrogen-bond acceptors (Lipinski definition) is 0. The SMILES string of the molecule is CC(C)Cn1ccc2ccc(C(C)C)cc21. The normalized spacial score (nSPS) is 11.9. The molecule has 0 saturated carbocycles. The molecule has 0 aliphatic carbocycles. The summed E-state index contributed by atoms with van der Waals surface area (Å²) in [4.78, 5) is 0. The van der Waals surface area contributed by atoms with Crippen LogP contribution in [0.15, 0.2) is 30.5 Å². The second-order valence-electron chi connectivity index (χ2n) is 5.33. The number of hydrogen-bond donors (Lipinski definition) is 0.